The van der Waals surface area contributed by atoms with Crippen LogP contribution >= 0.6 is 11.3 Å². The molecule has 1 aromatic heterocycles. The average molecular weight is 443 g/mol. The first-order chi connectivity index (χ1) is 14.5. The van der Waals surface area contributed by atoms with Crippen LogP contribution in [0.5, 0.6) is 0 Å². The topological polar surface area (TPSA) is 74.7 Å². The molecule has 0 bridgehead atoms. The number of hydrogen-bond acceptors (Lipinski definition) is 6. The number of nitrogens with one attached hydrogen (secondary N) is 1. The molecular formula is C22H26N4O2S2. The number of aryl methyl sites for hydroxylation is 1. The first-order valence-corrected chi connectivity index (χ1v) is 12.2. The van der Waals surface area contributed by atoms with Gasteiger partial charge in [0.1, 0.15) is 0 Å². The molecule has 2 aromatic carbocycles. The minimum atomic E-state index is -3.45. The van der Waals surface area contributed by atoms with Crippen LogP contribution in [0.25, 0.3) is 11.3 Å². The maximum atomic E-state index is 12.6. The molecule has 0 fully saturated rings. The van der Waals surface area contributed by atoms with Crippen LogP contribution in [-0.2, 0) is 16.4 Å². The lowest BCUT2D eigenvalue weighted by molar-refractivity contribution is 0.445. The number of thiazole rings is 1. The number of rotatable bonds is 9. The van der Waals surface area contributed by atoms with Crippen LogP contribution in [0.2, 0.25) is 0 Å². The lowest BCUT2D eigenvalue weighted by Crippen LogP contribution is -2.30. The number of anilines is 1. The summed E-state index contributed by atoms with van der Waals surface area (Å²) in [5, 5.41) is 6.84. The van der Waals surface area contributed by atoms with Crippen LogP contribution in [-0.4, -0.2) is 37.0 Å². The first-order valence-electron chi connectivity index (χ1n) is 9.92. The molecule has 0 saturated heterocycles. The third-order valence-corrected chi connectivity index (χ3v) is 7.57. The maximum absolute atomic E-state index is 12.6. The second-order valence-electron chi connectivity index (χ2n) is 6.62. The fourth-order valence-electron chi connectivity index (χ4n) is 2.97. The van der Waals surface area contributed by atoms with Crippen LogP contribution < -0.4 is 5.43 Å². The smallest absolute Gasteiger partial charge is 0.243 e. The van der Waals surface area contributed by atoms with E-state index in [0.717, 1.165) is 23.2 Å². The van der Waals surface area contributed by atoms with E-state index >= 15 is 0 Å². The Morgan fingerprint density at radius 3 is 2.30 bits per heavy atom. The van der Waals surface area contributed by atoms with Crippen molar-refractivity contribution in [2.75, 3.05) is 18.5 Å². The van der Waals surface area contributed by atoms with Crippen molar-refractivity contribution in [1.82, 2.24) is 9.29 Å². The van der Waals surface area contributed by atoms with E-state index in [1.54, 1.807) is 30.5 Å². The van der Waals surface area contributed by atoms with Crippen molar-refractivity contribution in [3.63, 3.8) is 0 Å². The van der Waals surface area contributed by atoms with Crippen molar-refractivity contribution in [1.29, 1.82) is 0 Å². The molecular weight excluding hydrogens is 416 g/mol. The molecule has 1 heterocycles. The van der Waals surface area contributed by atoms with Gasteiger partial charge in [0.2, 0.25) is 15.2 Å². The highest BCUT2D eigenvalue weighted by molar-refractivity contribution is 7.89. The summed E-state index contributed by atoms with van der Waals surface area (Å²) in [7, 11) is -3.45. The molecule has 6 nitrogen and oxygen atoms in total. The summed E-state index contributed by atoms with van der Waals surface area (Å²) < 4.78 is 26.7. The van der Waals surface area contributed by atoms with Gasteiger partial charge in [0.15, 0.2) is 0 Å². The number of hydrogen-bond donors (Lipinski definition) is 1. The Labute approximate surface area is 182 Å². The van der Waals surface area contributed by atoms with Gasteiger partial charge in [0.25, 0.3) is 0 Å². The number of sulfonamides is 1. The van der Waals surface area contributed by atoms with Crippen molar-refractivity contribution in [3.05, 3.63) is 65.0 Å². The molecule has 0 aliphatic heterocycles. The summed E-state index contributed by atoms with van der Waals surface area (Å²) in [5.41, 5.74) is 6.89. The summed E-state index contributed by atoms with van der Waals surface area (Å²) in [5.74, 6) is 0. The van der Waals surface area contributed by atoms with E-state index in [9.17, 15) is 8.42 Å². The predicted octanol–water partition coefficient (Wildman–Crippen LogP) is 4.85. The van der Waals surface area contributed by atoms with E-state index in [2.05, 4.69) is 34.6 Å². The third-order valence-electron chi connectivity index (χ3n) is 4.76. The van der Waals surface area contributed by atoms with Gasteiger partial charge >= 0.3 is 0 Å². The normalized spacial score (nSPS) is 12.0. The molecule has 0 aliphatic rings. The van der Waals surface area contributed by atoms with Crippen LogP contribution in [0.1, 0.15) is 31.9 Å². The molecule has 0 amide bonds. The SMILES string of the molecule is CCc1ccc(C=NNc2nc(-c3ccc(S(=O)(=O)N(CC)CC)cc3)cs2)cc1. The Balaban J connectivity index is 1.67. The van der Waals surface area contributed by atoms with Gasteiger partial charge in [0.05, 0.1) is 16.8 Å². The van der Waals surface area contributed by atoms with E-state index < -0.39 is 10.0 Å². The number of aromatic nitrogens is 1. The molecule has 3 aromatic rings. The van der Waals surface area contributed by atoms with Gasteiger partial charge in [0, 0.05) is 24.0 Å². The Hall–Kier alpha value is -2.55. The summed E-state index contributed by atoms with van der Waals surface area (Å²) in [6.45, 7) is 6.70. The van der Waals surface area contributed by atoms with Gasteiger partial charge in [-0.25, -0.2) is 13.4 Å². The summed E-state index contributed by atoms with van der Waals surface area (Å²) in [4.78, 5) is 4.83. The fourth-order valence-corrected chi connectivity index (χ4v) is 5.10. The molecule has 158 valence electrons. The largest absolute Gasteiger partial charge is 0.253 e. The second kappa shape index (κ2) is 9.97. The lowest BCUT2D eigenvalue weighted by atomic mass is 10.1. The van der Waals surface area contributed by atoms with E-state index in [4.69, 9.17) is 0 Å². The molecule has 1 N–H and O–H groups in total. The van der Waals surface area contributed by atoms with E-state index in [1.165, 1.54) is 21.2 Å². The average Bonchev–Trinajstić information content (AvgIpc) is 3.24. The molecule has 0 atom stereocenters. The molecule has 0 unspecified atom stereocenters. The van der Waals surface area contributed by atoms with Gasteiger partial charge in [-0.2, -0.15) is 9.41 Å². The Morgan fingerprint density at radius 2 is 1.70 bits per heavy atom. The van der Waals surface area contributed by atoms with Crippen LogP contribution in [0.3, 0.4) is 0 Å². The highest BCUT2D eigenvalue weighted by atomic mass is 32.2. The maximum Gasteiger partial charge on any atom is 0.243 e. The zero-order chi connectivity index (χ0) is 21.6. The van der Waals surface area contributed by atoms with Crippen molar-refractivity contribution in [2.24, 2.45) is 5.10 Å². The van der Waals surface area contributed by atoms with Crippen LogP contribution in [0.15, 0.2) is 63.9 Å². The van der Waals surface area contributed by atoms with Crippen LogP contribution in [0, 0.1) is 0 Å². The monoisotopic (exact) mass is 442 g/mol. The van der Waals surface area contributed by atoms with Crippen molar-refractivity contribution in [3.8, 4) is 11.3 Å². The minimum Gasteiger partial charge on any atom is -0.253 e. The van der Waals surface area contributed by atoms with Gasteiger partial charge in [-0.3, -0.25) is 5.43 Å². The highest BCUT2D eigenvalue weighted by Crippen LogP contribution is 2.26. The molecule has 8 heteroatoms. The van der Waals surface area contributed by atoms with Gasteiger partial charge in [-0.05, 0) is 29.7 Å². The predicted molar refractivity (Wildman–Crippen MR) is 125 cm³/mol. The van der Waals surface area contributed by atoms with Crippen molar-refractivity contribution >= 4 is 32.7 Å². The summed E-state index contributed by atoms with van der Waals surface area (Å²) in [6, 6.07) is 15.1. The number of benzene rings is 2. The van der Waals surface area contributed by atoms with Gasteiger partial charge < -0.3 is 0 Å². The Kier molecular flexibility index (Phi) is 7.36. The molecule has 0 aliphatic carbocycles. The van der Waals surface area contributed by atoms with Gasteiger partial charge in [-0.15, -0.1) is 11.3 Å². The van der Waals surface area contributed by atoms with Crippen molar-refractivity contribution in [2.45, 2.75) is 32.1 Å². The molecule has 0 spiro atoms. The van der Waals surface area contributed by atoms with Crippen molar-refractivity contribution < 1.29 is 8.42 Å². The van der Waals surface area contributed by atoms with E-state index in [0.29, 0.717) is 23.1 Å². The Bertz CT molecular complexity index is 1080. The lowest BCUT2D eigenvalue weighted by Gasteiger charge is -2.18. The zero-order valence-electron chi connectivity index (χ0n) is 17.4. The molecule has 0 saturated carbocycles. The van der Waals surface area contributed by atoms with E-state index in [-0.39, 0.29) is 0 Å². The van der Waals surface area contributed by atoms with E-state index in [1.807, 2.05) is 31.4 Å². The zero-order valence-corrected chi connectivity index (χ0v) is 19.0. The molecule has 30 heavy (non-hydrogen) atoms. The Morgan fingerprint density at radius 1 is 1.03 bits per heavy atom. The summed E-state index contributed by atoms with van der Waals surface area (Å²) in [6.07, 6.45) is 2.77. The quantitative estimate of drug-likeness (QED) is 0.380. The summed E-state index contributed by atoms with van der Waals surface area (Å²) >= 11 is 1.45. The highest BCUT2D eigenvalue weighted by Gasteiger charge is 2.21. The molecule has 0 radical (unpaired) electrons. The first kappa shape index (κ1) is 22.1. The molecule has 3 rings (SSSR count). The number of hydrazone groups is 1. The second-order valence-corrected chi connectivity index (χ2v) is 9.41. The van der Waals surface area contributed by atoms with Crippen LogP contribution in [0.4, 0.5) is 5.13 Å². The number of nitrogens with zero attached hydrogens (tertiary/aromatic N) is 3. The minimum absolute atomic E-state index is 0.294. The van der Waals surface area contributed by atoms with Gasteiger partial charge in [-0.1, -0.05) is 57.2 Å². The standard InChI is InChI=1S/C22H26N4O2S2/c1-4-17-7-9-18(10-8-17)15-23-25-22-24-21(16-29-22)19-11-13-20(14-12-19)30(27,28)26(5-2)6-3/h7-16H,4-6H2,1-3H3,(H,24,25). The third kappa shape index (κ3) is 5.13. The fraction of sp³-hybridized carbons (Fsp3) is 0.273.